The normalized spacial score (nSPS) is 16.6. The molecule has 210 valence electrons. The molecular formula is C32H29F3N4O2. The van der Waals surface area contributed by atoms with Crippen LogP contribution in [0.5, 0.6) is 0 Å². The van der Waals surface area contributed by atoms with Crippen molar-refractivity contribution in [2.75, 3.05) is 6.61 Å². The van der Waals surface area contributed by atoms with Crippen LogP contribution >= 0.6 is 0 Å². The second-order valence-electron chi connectivity index (χ2n) is 10.2. The highest BCUT2D eigenvalue weighted by molar-refractivity contribution is 5.91. The zero-order valence-corrected chi connectivity index (χ0v) is 22.4. The number of fused-ring (bicyclic) bond motifs is 3. The molecule has 1 aliphatic carbocycles. The zero-order valence-electron chi connectivity index (χ0n) is 22.4. The number of halogens is 3. The number of alkyl halides is 3. The molecule has 0 bridgehead atoms. The number of ether oxygens (including phenoxy) is 1. The van der Waals surface area contributed by atoms with Crippen LogP contribution in [0.2, 0.25) is 0 Å². The summed E-state index contributed by atoms with van der Waals surface area (Å²) in [6.45, 7) is 0.457. The maximum atomic E-state index is 13.7. The summed E-state index contributed by atoms with van der Waals surface area (Å²) in [5, 5.41) is 6.16. The van der Waals surface area contributed by atoms with Crippen LogP contribution in [0.3, 0.4) is 0 Å². The van der Waals surface area contributed by atoms with Crippen molar-refractivity contribution < 1.29 is 22.7 Å². The smallest absolute Gasteiger partial charge is 0.408 e. The van der Waals surface area contributed by atoms with Gasteiger partial charge in [0.1, 0.15) is 12.1 Å². The van der Waals surface area contributed by atoms with Gasteiger partial charge < -0.3 is 4.74 Å². The molecule has 2 aliphatic rings. The molecule has 6 rings (SSSR count). The van der Waals surface area contributed by atoms with Crippen molar-refractivity contribution in [1.82, 2.24) is 20.2 Å². The molecule has 0 spiro atoms. The summed E-state index contributed by atoms with van der Waals surface area (Å²) in [6, 6.07) is 29.8. The first-order valence-electron chi connectivity index (χ1n) is 13.6. The van der Waals surface area contributed by atoms with E-state index in [4.69, 9.17) is 4.74 Å². The first-order chi connectivity index (χ1) is 19.8. The van der Waals surface area contributed by atoms with Crippen molar-refractivity contribution in [3.05, 3.63) is 131 Å². The highest BCUT2D eigenvalue weighted by Crippen LogP contribution is 2.46. The summed E-state index contributed by atoms with van der Waals surface area (Å²) in [4.78, 5) is 12.7. The van der Waals surface area contributed by atoms with Gasteiger partial charge >= 0.3 is 12.1 Å². The van der Waals surface area contributed by atoms with E-state index in [1.165, 1.54) is 0 Å². The Morgan fingerprint density at radius 1 is 0.927 bits per heavy atom. The first-order valence-corrected chi connectivity index (χ1v) is 13.6. The van der Waals surface area contributed by atoms with Crippen LogP contribution in [-0.4, -0.2) is 39.6 Å². The Balaban J connectivity index is 1.58. The molecule has 0 radical (unpaired) electrons. The Morgan fingerprint density at radius 3 is 1.95 bits per heavy atom. The van der Waals surface area contributed by atoms with Crippen LogP contribution in [-0.2, 0) is 23.2 Å². The lowest BCUT2D eigenvalue weighted by molar-refractivity contribution is -0.142. The van der Waals surface area contributed by atoms with Crippen molar-refractivity contribution in [2.24, 2.45) is 0 Å². The van der Waals surface area contributed by atoms with Gasteiger partial charge in [0.2, 0.25) is 0 Å². The Bertz CT molecular complexity index is 1470. The fourth-order valence-corrected chi connectivity index (χ4v) is 6.09. The highest BCUT2D eigenvalue weighted by atomic mass is 19.4. The monoisotopic (exact) mass is 558 g/mol. The minimum atomic E-state index is -4.52. The maximum absolute atomic E-state index is 13.7. The van der Waals surface area contributed by atoms with E-state index in [0.29, 0.717) is 29.7 Å². The van der Waals surface area contributed by atoms with Crippen molar-refractivity contribution in [2.45, 2.75) is 44.1 Å². The zero-order chi connectivity index (χ0) is 28.6. The second-order valence-corrected chi connectivity index (χ2v) is 10.2. The molecule has 1 N–H and O–H groups in total. The predicted octanol–water partition coefficient (Wildman–Crippen LogP) is 6.09. The van der Waals surface area contributed by atoms with Crippen LogP contribution in [0.4, 0.5) is 13.2 Å². The summed E-state index contributed by atoms with van der Waals surface area (Å²) < 4.78 is 47.2. The summed E-state index contributed by atoms with van der Waals surface area (Å²) >= 11 is 0. The fraction of sp³-hybridized carbons (Fsp3) is 0.250. The third kappa shape index (κ3) is 4.70. The third-order valence-electron chi connectivity index (χ3n) is 7.68. The topological polar surface area (TPSA) is 59.4 Å². The molecule has 0 amide bonds. The van der Waals surface area contributed by atoms with Crippen LogP contribution < -0.4 is 5.43 Å². The summed E-state index contributed by atoms with van der Waals surface area (Å²) in [7, 11) is 0. The van der Waals surface area contributed by atoms with Gasteiger partial charge in [-0.2, -0.15) is 18.3 Å². The van der Waals surface area contributed by atoms with E-state index >= 15 is 0 Å². The number of esters is 1. The predicted molar refractivity (Wildman–Crippen MR) is 149 cm³/mol. The second kappa shape index (κ2) is 10.6. The number of nitrogens with one attached hydrogen (secondary N) is 1. The van der Waals surface area contributed by atoms with E-state index in [1.807, 2.05) is 65.8 Å². The van der Waals surface area contributed by atoms with E-state index in [-0.39, 0.29) is 18.3 Å². The molecule has 0 saturated heterocycles. The number of rotatable bonds is 7. The van der Waals surface area contributed by atoms with E-state index in [9.17, 15) is 18.0 Å². The number of hydrogen-bond acceptors (Lipinski definition) is 5. The van der Waals surface area contributed by atoms with Gasteiger partial charge in [0.25, 0.3) is 0 Å². The Kier molecular flexibility index (Phi) is 6.91. The SMILES string of the molecule is CCOC(=O)c1nn(CC(F)(F)F)c2c1CCC1NN(C(c3ccccc3)(c3ccccc3)c3ccccc3)C=C21. The van der Waals surface area contributed by atoms with Crippen molar-refractivity contribution in [3.8, 4) is 0 Å². The summed E-state index contributed by atoms with van der Waals surface area (Å²) in [5.41, 5.74) is 7.14. The molecule has 1 aromatic heterocycles. The average molecular weight is 559 g/mol. The number of benzene rings is 3. The lowest BCUT2D eigenvalue weighted by Gasteiger charge is -2.44. The Morgan fingerprint density at radius 2 is 1.46 bits per heavy atom. The Labute approximate surface area is 236 Å². The number of nitrogens with zero attached hydrogens (tertiary/aromatic N) is 3. The van der Waals surface area contributed by atoms with Gasteiger partial charge in [-0.15, -0.1) is 0 Å². The van der Waals surface area contributed by atoms with Gasteiger partial charge in [-0.3, -0.25) is 9.69 Å². The standard InChI is InChI=1S/C32H29F3N4O2/c1-2-41-30(40)28-25-18-19-27-26(29(25)38(37-28)21-31(33,34)35)20-39(36-27)32(22-12-6-3-7-13-22,23-14-8-4-9-15-23)24-16-10-5-11-17-24/h3-17,20,27,36H,2,18-19,21H2,1H3. The largest absolute Gasteiger partial charge is 0.461 e. The lowest BCUT2D eigenvalue weighted by Crippen LogP contribution is -2.52. The molecule has 2 heterocycles. The number of hydrogen-bond donors (Lipinski definition) is 1. The van der Waals surface area contributed by atoms with Gasteiger partial charge in [0.05, 0.1) is 18.3 Å². The van der Waals surface area contributed by atoms with Gasteiger partial charge in [-0.25, -0.2) is 10.2 Å². The molecule has 1 unspecified atom stereocenters. The van der Waals surface area contributed by atoms with Crippen LogP contribution in [0.15, 0.2) is 97.2 Å². The number of carbonyl (C=O) groups is 1. The number of aromatic nitrogens is 2. The number of carbonyl (C=O) groups excluding carboxylic acids is 1. The minimum Gasteiger partial charge on any atom is -0.461 e. The molecule has 0 saturated carbocycles. The maximum Gasteiger partial charge on any atom is 0.408 e. The van der Waals surface area contributed by atoms with Crippen LogP contribution in [0.25, 0.3) is 5.57 Å². The van der Waals surface area contributed by atoms with E-state index in [2.05, 4.69) is 46.9 Å². The summed E-state index contributed by atoms with van der Waals surface area (Å²) in [6.07, 6.45) is -1.67. The minimum absolute atomic E-state index is 0.0515. The van der Waals surface area contributed by atoms with E-state index < -0.39 is 24.2 Å². The van der Waals surface area contributed by atoms with E-state index in [1.54, 1.807) is 6.92 Å². The molecule has 9 heteroatoms. The van der Waals surface area contributed by atoms with Crippen molar-refractivity contribution in [3.63, 3.8) is 0 Å². The molecule has 41 heavy (non-hydrogen) atoms. The molecule has 1 aliphatic heterocycles. The molecule has 4 aromatic rings. The third-order valence-corrected chi connectivity index (χ3v) is 7.68. The Hall–Kier alpha value is -4.37. The van der Waals surface area contributed by atoms with Crippen LogP contribution in [0, 0.1) is 0 Å². The van der Waals surface area contributed by atoms with Gasteiger partial charge in [-0.1, -0.05) is 91.0 Å². The van der Waals surface area contributed by atoms with Crippen molar-refractivity contribution >= 4 is 11.5 Å². The summed E-state index contributed by atoms with van der Waals surface area (Å²) in [5.74, 6) is -0.709. The highest BCUT2D eigenvalue weighted by Gasteiger charge is 2.47. The van der Waals surface area contributed by atoms with Gasteiger partial charge in [0, 0.05) is 17.3 Å². The van der Waals surface area contributed by atoms with Gasteiger partial charge in [-0.05, 0) is 36.5 Å². The molecular weight excluding hydrogens is 529 g/mol. The quantitative estimate of drug-likeness (QED) is 0.220. The molecule has 3 aromatic carbocycles. The molecule has 6 nitrogen and oxygen atoms in total. The van der Waals surface area contributed by atoms with Crippen molar-refractivity contribution in [1.29, 1.82) is 0 Å². The van der Waals surface area contributed by atoms with Crippen LogP contribution in [0.1, 0.15) is 51.8 Å². The first kappa shape index (κ1) is 26.8. The fourth-order valence-electron chi connectivity index (χ4n) is 6.09. The molecule has 1 atom stereocenters. The van der Waals surface area contributed by atoms with Gasteiger partial charge in [0.15, 0.2) is 5.69 Å². The van der Waals surface area contributed by atoms with E-state index in [0.717, 1.165) is 21.4 Å². The molecule has 0 fully saturated rings. The number of hydrazine groups is 1. The average Bonchev–Trinajstić information content (AvgIpc) is 3.56. The lowest BCUT2D eigenvalue weighted by atomic mass is 9.76.